The van der Waals surface area contributed by atoms with E-state index in [1.54, 1.807) is 70.1 Å². The minimum absolute atomic E-state index is 0.0342. The SMILES string of the molecule is COc1c(C)c[n+]([O-])c(Cn2nc(-c3ccccc3)c3c(Cl)nc(N)nc32)c1C.COc1c(C)c[n+]([O-])c(Cn2nc(C(C)C)c3c(Cl)nc(N)nc32)c1C.Cc1c[n+]([O-])c(Cn2nc(-c3ccccc3)c3c(Cl)nc(N)nc32)c(C)c1Cl.Cc1cnc(Cn2ncc3c(Cl)nc(N)nc32)c(C)c1Br.Cc1cnc(Cn2ncc3c(Cl)nc(N)nc32)c(C)c1Cl. The molecule has 15 heterocycles. The maximum absolute atomic E-state index is 12.6. The van der Waals surface area contributed by atoms with Crippen molar-refractivity contribution in [2.45, 2.75) is 122 Å². The number of rotatable bonds is 15. The van der Waals surface area contributed by atoms with Gasteiger partial charge in [0, 0.05) is 44.1 Å². The number of fused-ring (bicyclic) bond motifs is 5. The van der Waals surface area contributed by atoms with Gasteiger partial charge in [-0.05, 0) is 97.4 Å². The van der Waals surface area contributed by atoms with Gasteiger partial charge in [-0.2, -0.15) is 64.6 Å². The first-order chi connectivity index (χ1) is 59.4. The molecule has 0 bridgehead atoms. The number of nitrogens with zero attached hydrogens (tertiary/aromatic N) is 25. The van der Waals surface area contributed by atoms with E-state index in [1.807, 2.05) is 136 Å². The number of hydrogen-bond acceptors (Lipinski definition) is 27. The average Bonchev–Trinajstić information content (AvgIpc) is 1.36. The summed E-state index contributed by atoms with van der Waals surface area (Å²) in [5.41, 5.74) is 46.7. The Morgan fingerprint density at radius 3 is 1.14 bits per heavy atom. The van der Waals surface area contributed by atoms with Gasteiger partial charge in [-0.15, -0.1) is 0 Å². The summed E-state index contributed by atoms with van der Waals surface area (Å²) in [5.74, 6) is 1.83. The molecule has 0 unspecified atom stereocenters. The van der Waals surface area contributed by atoms with E-state index in [9.17, 15) is 15.6 Å². The fraction of sp³-hybridized carbons (Fsp3) is 0.244. The summed E-state index contributed by atoms with van der Waals surface area (Å²) >= 11 is 47.3. The second-order valence-corrected chi connectivity index (χ2v) is 32.5. The van der Waals surface area contributed by atoms with Crippen molar-refractivity contribution in [2.24, 2.45) is 0 Å². The van der Waals surface area contributed by atoms with Gasteiger partial charge >= 0.3 is 0 Å². The minimum Gasteiger partial charge on any atom is -0.618 e. The van der Waals surface area contributed by atoms with Crippen LogP contribution in [0, 0.1) is 84.9 Å². The van der Waals surface area contributed by atoms with Crippen molar-refractivity contribution < 1.29 is 23.7 Å². The second kappa shape index (κ2) is 37.5. The summed E-state index contributed by atoms with van der Waals surface area (Å²) in [6.07, 6.45) is 11.2. The van der Waals surface area contributed by atoms with Crippen molar-refractivity contribution in [3.63, 3.8) is 0 Å². The number of pyridine rings is 5. The van der Waals surface area contributed by atoms with Gasteiger partial charge in [0.2, 0.25) is 46.8 Å². The van der Waals surface area contributed by atoms with Gasteiger partial charge < -0.3 is 53.8 Å². The quantitative estimate of drug-likeness (QED) is 0.0361. The van der Waals surface area contributed by atoms with E-state index >= 15 is 0 Å². The van der Waals surface area contributed by atoms with Crippen LogP contribution in [0.1, 0.15) is 110 Å². The number of halogens is 8. The summed E-state index contributed by atoms with van der Waals surface area (Å²) in [7, 11) is 3.17. The molecule has 0 aliphatic carbocycles. The third-order valence-electron chi connectivity index (χ3n) is 20.4. The Morgan fingerprint density at radius 2 is 0.728 bits per heavy atom. The lowest BCUT2D eigenvalue weighted by atomic mass is 10.1. The molecule has 43 heteroatoms. The van der Waals surface area contributed by atoms with Crippen molar-refractivity contribution in [2.75, 3.05) is 42.9 Å². The third kappa shape index (κ3) is 18.7. The highest BCUT2D eigenvalue weighted by molar-refractivity contribution is 9.10. The van der Waals surface area contributed by atoms with Gasteiger partial charge in [-0.1, -0.05) is 172 Å². The molecule has 0 aliphatic heterocycles. The molecule has 0 aliphatic rings. The zero-order valence-corrected chi connectivity index (χ0v) is 76.4. The first-order valence-corrected chi connectivity index (χ1v) is 41.5. The highest BCUT2D eigenvalue weighted by Crippen LogP contribution is 2.38. The van der Waals surface area contributed by atoms with Crippen molar-refractivity contribution in [3.8, 4) is 34.0 Å². The molecule has 15 aromatic heterocycles. The van der Waals surface area contributed by atoms with E-state index in [-0.39, 0.29) is 75.9 Å². The fourth-order valence-electron chi connectivity index (χ4n) is 14.0. The van der Waals surface area contributed by atoms with Crippen molar-refractivity contribution in [1.29, 1.82) is 0 Å². The van der Waals surface area contributed by atoms with E-state index in [0.29, 0.717) is 135 Å². The van der Waals surface area contributed by atoms with Gasteiger partial charge in [-0.3, -0.25) is 9.97 Å². The third-order valence-corrected chi connectivity index (χ3v) is 24.1. The van der Waals surface area contributed by atoms with Crippen molar-refractivity contribution in [1.82, 2.24) is 109 Å². The molecular formula is C82H80BrCl7N30O5. The molecule has 125 heavy (non-hydrogen) atoms. The standard InChI is InChI=1S/C20H19ClN6O2.C19H16Cl2N6O.C17H21ClN6O2.C13H12BrClN6.C13H12Cl2N6/c1-11-9-27(28)14(12(2)17(11)29-3)10-26-19-15(18(21)23-20(22)24-19)16(25-26)13-7-5-4-6-8-13;1-10-8-27(28)13(11(2)15(10)20)9-26-18-14(17(21)23-19(22)24-18)16(25-26)12-6-4-3-5-7-12;1-8(2)13-12-15(18)20-17(19)21-16(12)23(22-13)7-11-10(4)14(26-5)9(3)6-24(11)25;2*1-6-3-17-9(7(2)10(6)14)5-21-12-8(4-18-21)11(15)19-13(16)20-12/h4-9H,10H2,1-3H3,(H2,22,23,24);3-8H,9H2,1-2H3,(H2,22,23,24);6,8H,7H2,1-5H3,(H2,19,20,21);2*3-4H,5H2,1-2H3,(H2,16,19,20). The summed E-state index contributed by atoms with van der Waals surface area (Å²) in [6.45, 7) is 24.3. The van der Waals surface area contributed by atoms with Crippen LogP contribution in [0.3, 0.4) is 0 Å². The maximum atomic E-state index is 12.6. The first-order valence-electron chi connectivity index (χ1n) is 38.0. The molecule has 0 spiro atoms. The summed E-state index contributed by atoms with van der Waals surface area (Å²) in [6, 6.07) is 19.1. The van der Waals surface area contributed by atoms with E-state index in [0.717, 1.165) is 91.4 Å². The molecule has 10 N–H and O–H groups in total. The van der Waals surface area contributed by atoms with E-state index in [2.05, 4.69) is 96.1 Å². The highest BCUT2D eigenvalue weighted by atomic mass is 79.9. The van der Waals surface area contributed by atoms with E-state index < -0.39 is 0 Å². The van der Waals surface area contributed by atoms with Crippen LogP contribution in [0.5, 0.6) is 11.5 Å². The Bertz CT molecular complexity index is 6890. The first kappa shape index (κ1) is 90.2. The highest BCUT2D eigenvalue weighted by Gasteiger charge is 2.29. The van der Waals surface area contributed by atoms with Gasteiger partial charge in [0.15, 0.2) is 46.8 Å². The predicted octanol–water partition coefficient (Wildman–Crippen LogP) is 14.9. The number of anilines is 5. The Labute approximate surface area is 757 Å². The van der Waals surface area contributed by atoms with Gasteiger partial charge in [0.05, 0.1) is 111 Å². The van der Waals surface area contributed by atoms with Gasteiger partial charge in [-0.25, -0.2) is 48.3 Å². The molecule has 0 saturated carbocycles. The van der Waals surface area contributed by atoms with Crippen LogP contribution >= 0.6 is 97.1 Å². The number of benzene rings is 2. The van der Waals surface area contributed by atoms with Gasteiger partial charge in [0.1, 0.15) is 68.3 Å². The molecule has 0 atom stereocenters. The molecule has 17 aromatic rings. The summed E-state index contributed by atoms with van der Waals surface area (Å²) in [4.78, 5) is 50.2. The number of nitrogens with two attached hydrogens (primary N) is 5. The molecule has 0 radical (unpaired) electrons. The van der Waals surface area contributed by atoms with E-state index in [1.165, 1.54) is 18.6 Å². The van der Waals surface area contributed by atoms with Crippen molar-refractivity contribution >= 4 is 182 Å². The predicted molar refractivity (Wildman–Crippen MR) is 487 cm³/mol. The van der Waals surface area contributed by atoms with Crippen LogP contribution in [0.4, 0.5) is 29.7 Å². The lowest BCUT2D eigenvalue weighted by molar-refractivity contribution is -0.615. The molecule has 2 aromatic carbocycles. The molecule has 35 nitrogen and oxygen atoms in total. The van der Waals surface area contributed by atoms with Gasteiger partial charge in [0.25, 0.3) is 0 Å². The lowest BCUT2D eigenvalue weighted by Crippen LogP contribution is -2.35. The molecule has 0 saturated heterocycles. The topological polar surface area (TPSA) is 473 Å². The number of aryl methyl sites for hydroxylation is 5. The van der Waals surface area contributed by atoms with Crippen molar-refractivity contribution in [3.05, 3.63) is 250 Å². The Morgan fingerprint density at radius 1 is 0.384 bits per heavy atom. The number of hydrogen-bond donors (Lipinski definition) is 5. The zero-order valence-electron chi connectivity index (χ0n) is 69.6. The Balaban J connectivity index is 0.000000135. The Kier molecular flexibility index (Phi) is 27.0. The fourth-order valence-corrected chi connectivity index (χ4v) is 15.9. The van der Waals surface area contributed by atoms with Crippen LogP contribution in [-0.4, -0.2) is 123 Å². The van der Waals surface area contributed by atoms with Crippen LogP contribution < -0.4 is 52.3 Å². The number of nitrogen functional groups attached to an aromatic ring is 5. The molecule has 0 amide bonds. The smallest absolute Gasteiger partial charge is 0.223 e. The normalized spacial score (nSPS) is 11.3. The van der Waals surface area contributed by atoms with Crippen LogP contribution in [0.25, 0.3) is 77.7 Å². The van der Waals surface area contributed by atoms with Crippen LogP contribution in [-0.2, 0) is 32.7 Å². The minimum atomic E-state index is 0.0342. The molecular weight excluding hydrogens is 1810 g/mol. The zero-order chi connectivity index (χ0) is 90.2. The summed E-state index contributed by atoms with van der Waals surface area (Å²) in [5, 5.41) is 65.9. The maximum Gasteiger partial charge on any atom is 0.223 e. The average molecular weight is 1890 g/mol. The largest absolute Gasteiger partial charge is 0.618 e. The monoisotopic (exact) mass is 1890 g/mol. The molecule has 0 fully saturated rings. The number of ether oxygens (including phenoxy) is 2. The van der Waals surface area contributed by atoms with Crippen LogP contribution in [0.15, 0.2) is 109 Å². The van der Waals surface area contributed by atoms with Crippen LogP contribution in [0.2, 0.25) is 35.8 Å². The molecule has 17 rings (SSSR count). The second-order valence-electron chi connectivity index (χ2n) is 29.1. The Hall–Kier alpha value is -12.6. The number of aromatic nitrogens is 25. The van der Waals surface area contributed by atoms with E-state index in [4.69, 9.17) is 124 Å². The number of methoxy groups -OCH3 is 2. The summed E-state index contributed by atoms with van der Waals surface area (Å²) < 4.78 is 22.7. The molecule has 644 valence electrons. The lowest BCUT2D eigenvalue weighted by Gasteiger charge is -2.13.